The molecule has 0 heterocycles. The number of nitrogens with two attached hydrogens (primary N) is 1. The van der Waals surface area contributed by atoms with Crippen molar-refractivity contribution >= 4 is 5.78 Å². The quantitative estimate of drug-likeness (QED) is 0.506. The molecule has 0 aliphatic heterocycles. The molecule has 2 heteroatoms. The molecule has 0 fully saturated rings. The normalized spacial score (nSPS) is 13.4. The van der Waals surface area contributed by atoms with Crippen molar-refractivity contribution in [2.24, 2.45) is 17.1 Å². The zero-order valence-corrected chi connectivity index (χ0v) is 14.3. The molecule has 0 aromatic heterocycles. The lowest BCUT2D eigenvalue weighted by molar-refractivity contribution is -0.119. The highest BCUT2D eigenvalue weighted by molar-refractivity contribution is 5.78. The van der Waals surface area contributed by atoms with Crippen LogP contribution >= 0.6 is 0 Å². The molecule has 0 aliphatic carbocycles. The zero-order valence-electron chi connectivity index (χ0n) is 14.3. The van der Waals surface area contributed by atoms with E-state index in [2.05, 4.69) is 27.7 Å². The van der Waals surface area contributed by atoms with Gasteiger partial charge >= 0.3 is 0 Å². The van der Waals surface area contributed by atoms with E-state index in [9.17, 15) is 4.79 Å². The van der Waals surface area contributed by atoms with Gasteiger partial charge in [-0.15, -0.1) is 0 Å². The van der Waals surface area contributed by atoms with E-state index in [4.69, 9.17) is 5.73 Å². The van der Waals surface area contributed by atoms with Crippen LogP contribution in [0.15, 0.2) is 0 Å². The third-order valence-corrected chi connectivity index (χ3v) is 4.32. The Hall–Kier alpha value is -0.370. The van der Waals surface area contributed by atoms with Crippen molar-refractivity contribution in [1.29, 1.82) is 0 Å². The summed E-state index contributed by atoms with van der Waals surface area (Å²) in [5.74, 6) is 1.02. The maximum atomic E-state index is 11.9. The van der Waals surface area contributed by atoms with Crippen LogP contribution in [0.5, 0.6) is 0 Å². The van der Waals surface area contributed by atoms with Crippen LogP contribution in [0.4, 0.5) is 0 Å². The Bertz CT molecular complexity index is 242. The Labute approximate surface area is 126 Å². The summed E-state index contributed by atoms with van der Waals surface area (Å²) in [6, 6.07) is 0. The van der Waals surface area contributed by atoms with Gasteiger partial charge in [-0.05, 0) is 37.1 Å². The lowest BCUT2D eigenvalue weighted by Gasteiger charge is -2.30. The van der Waals surface area contributed by atoms with Crippen LogP contribution in [0, 0.1) is 11.3 Å². The Balaban J connectivity index is 3.74. The van der Waals surface area contributed by atoms with E-state index in [1.54, 1.807) is 0 Å². The van der Waals surface area contributed by atoms with Gasteiger partial charge in [-0.25, -0.2) is 0 Å². The van der Waals surface area contributed by atoms with Crippen LogP contribution in [-0.2, 0) is 4.79 Å². The van der Waals surface area contributed by atoms with E-state index in [0.717, 1.165) is 38.6 Å². The van der Waals surface area contributed by atoms with E-state index in [-0.39, 0.29) is 5.41 Å². The Morgan fingerprint density at radius 3 is 2.10 bits per heavy atom. The van der Waals surface area contributed by atoms with E-state index >= 15 is 0 Å². The van der Waals surface area contributed by atoms with Crippen molar-refractivity contribution in [3.8, 4) is 0 Å². The number of Topliss-reactive ketones (excluding diaryl/α,β-unsaturated/α-hetero) is 1. The summed E-state index contributed by atoms with van der Waals surface area (Å²) in [6.07, 6.45) is 11.1. The molecular weight excluding hydrogens is 246 g/mol. The number of rotatable bonds is 12. The molecular formula is C18H37NO. The molecule has 0 spiro atoms. The number of carbonyl (C=O) groups excluding carboxylic acids is 1. The molecule has 20 heavy (non-hydrogen) atoms. The minimum absolute atomic E-state index is 0.264. The first-order valence-corrected chi connectivity index (χ1v) is 8.63. The van der Waals surface area contributed by atoms with Gasteiger partial charge in [-0.3, -0.25) is 4.79 Å². The van der Waals surface area contributed by atoms with E-state index in [1.165, 1.54) is 32.1 Å². The first-order chi connectivity index (χ1) is 9.41. The molecule has 0 aliphatic rings. The fraction of sp³-hybridized carbons (Fsp3) is 0.944. The summed E-state index contributed by atoms with van der Waals surface area (Å²) in [7, 11) is 0. The minimum atomic E-state index is 0.264. The van der Waals surface area contributed by atoms with Crippen LogP contribution in [0.3, 0.4) is 0 Å². The molecule has 0 radical (unpaired) electrons. The van der Waals surface area contributed by atoms with E-state index in [1.807, 2.05) is 0 Å². The van der Waals surface area contributed by atoms with Crippen molar-refractivity contribution in [2.75, 3.05) is 6.54 Å². The van der Waals surface area contributed by atoms with Gasteiger partial charge in [0.25, 0.3) is 0 Å². The van der Waals surface area contributed by atoms with Gasteiger partial charge < -0.3 is 5.73 Å². The zero-order chi connectivity index (χ0) is 15.4. The molecule has 120 valence electrons. The Kier molecular flexibility index (Phi) is 11.1. The molecule has 0 aromatic carbocycles. The van der Waals surface area contributed by atoms with Crippen molar-refractivity contribution in [2.45, 2.75) is 91.9 Å². The van der Waals surface area contributed by atoms with E-state index < -0.39 is 0 Å². The summed E-state index contributed by atoms with van der Waals surface area (Å²) in [5.41, 5.74) is 5.95. The van der Waals surface area contributed by atoms with Gasteiger partial charge in [0.2, 0.25) is 0 Å². The largest absolute Gasteiger partial charge is 0.330 e. The predicted octanol–water partition coefficient (Wildman–Crippen LogP) is 5.10. The molecule has 2 nitrogen and oxygen atoms in total. The third-order valence-electron chi connectivity index (χ3n) is 4.32. The van der Waals surface area contributed by atoms with Gasteiger partial charge in [0.15, 0.2) is 0 Å². The van der Waals surface area contributed by atoms with Crippen LogP contribution in [0.2, 0.25) is 0 Å². The smallest absolute Gasteiger partial charge is 0.132 e. The lowest BCUT2D eigenvalue weighted by Crippen LogP contribution is -2.24. The molecule has 0 saturated carbocycles. The fourth-order valence-corrected chi connectivity index (χ4v) is 2.77. The average molecular weight is 284 g/mol. The molecule has 2 N–H and O–H groups in total. The summed E-state index contributed by atoms with van der Waals surface area (Å²) >= 11 is 0. The van der Waals surface area contributed by atoms with Crippen LogP contribution in [0.25, 0.3) is 0 Å². The second-order valence-corrected chi connectivity index (χ2v) is 7.24. The van der Waals surface area contributed by atoms with Crippen molar-refractivity contribution in [1.82, 2.24) is 0 Å². The van der Waals surface area contributed by atoms with Gasteiger partial charge in [0, 0.05) is 12.8 Å². The number of unbranched alkanes of at least 4 members (excludes halogenated alkanes) is 5. The topological polar surface area (TPSA) is 43.1 Å². The van der Waals surface area contributed by atoms with Gasteiger partial charge in [-0.2, -0.15) is 0 Å². The predicted molar refractivity (Wildman–Crippen MR) is 88.9 cm³/mol. The number of hydrogen-bond acceptors (Lipinski definition) is 2. The van der Waals surface area contributed by atoms with Crippen molar-refractivity contribution < 1.29 is 4.79 Å². The van der Waals surface area contributed by atoms with Crippen LogP contribution < -0.4 is 5.73 Å². The van der Waals surface area contributed by atoms with E-state index in [0.29, 0.717) is 11.7 Å². The monoisotopic (exact) mass is 283 g/mol. The number of hydrogen-bond donors (Lipinski definition) is 1. The van der Waals surface area contributed by atoms with Crippen LogP contribution in [-0.4, -0.2) is 12.3 Å². The highest BCUT2D eigenvalue weighted by Gasteiger charge is 2.24. The van der Waals surface area contributed by atoms with Gasteiger partial charge in [0.05, 0.1) is 0 Å². The van der Waals surface area contributed by atoms with Crippen molar-refractivity contribution in [3.05, 3.63) is 0 Å². The lowest BCUT2D eigenvalue weighted by atomic mass is 9.76. The molecule has 0 aromatic rings. The van der Waals surface area contributed by atoms with Gasteiger partial charge in [-0.1, -0.05) is 59.8 Å². The molecule has 0 saturated heterocycles. The highest BCUT2D eigenvalue weighted by Crippen LogP contribution is 2.32. The molecule has 1 atom stereocenters. The highest BCUT2D eigenvalue weighted by atomic mass is 16.1. The molecule has 0 rings (SSSR count). The summed E-state index contributed by atoms with van der Waals surface area (Å²) in [6.45, 7) is 9.73. The first-order valence-electron chi connectivity index (χ1n) is 8.63. The summed E-state index contributed by atoms with van der Waals surface area (Å²) in [5, 5.41) is 0. The second-order valence-electron chi connectivity index (χ2n) is 7.24. The third kappa shape index (κ3) is 10.4. The second kappa shape index (κ2) is 11.3. The standard InChI is InChI=1S/C18H37NO/c1-5-6-7-8-9-10-11-17(20)13-12-16(14-15-19)18(2,3)4/h16H,5-15,19H2,1-4H3. The molecule has 0 bridgehead atoms. The maximum Gasteiger partial charge on any atom is 0.132 e. The Morgan fingerprint density at radius 2 is 1.55 bits per heavy atom. The number of carbonyl (C=O) groups is 1. The SMILES string of the molecule is CCCCCCCCC(=O)CCC(CCN)C(C)(C)C. The van der Waals surface area contributed by atoms with Gasteiger partial charge in [0.1, 0.15) is 5.78 Å². The van der Waals surface area contributed by atoms with Crippen molar-refractivity contribution in [3.63, 3.8) is 0 Å². The first kappa shape index (κ1) is 19.6. The number of ketones is 1. The maximum absolute atomic E-state index is 11.9. The Morgan fingerprint density at radius 1 is 0.950 bits per heavy atom. The molecule has 0 amide bonds. The minimum Gasteiger partial charge on any atom is -0.330 e. The average Bonchev–Trinajstić information content (AvgIpc) is 2.37. The summed E-state index contributed by atoms with van der Waals surface area (Å²) < 4.78 is 0. The summed E-state index contributed by atoms with van der Waals surface area (Å²) in [4.78, 5) is 11.9. The fourth-order valence-electron chi connectivity index (χ4n) is 2.77. The van der Waals surface area contributed by atoms with Crippen LogP contribution in [0.1, 0.15) is 91.9 Å². The molecule has 1 unspecified atom stereocenters.